The lowest BCUT2D eigenvalue weighted by atomic mass is 10.0. The van der Waals surface area contributed by atoms with Crippen LogP contribution in [0.1, 0.15) is 20.3 Å². The van der Waals surface area contributed by atoms with E-state index in [1.165, 1.54) is 24.3 Å². The monoisotopic (exact) mass is 444 g/mol. The standard InChI is InChI=1S/C20H32N2O7S/c1-16(2)15-19(21-30(25,26)18-5-3-17(23)4-6-18)20(24)22-7-9-27-11-13-29-14-12-28-10-8-22/h3-6,16,19,21,23H,7-15H2,1-2H3. The summed E-state index contributed by atoms with van der Waals surface area (Å²) in [6, 6.07) is 4.27. The molecule has 2 N–H and O–H groups in total. The van der Waals surface area contributed by atoms with Crippen molar-refractivity contribution in [1.29, 1.82) is 0 Å². The molecule has 1 heterocycles. The van der Waals surface area contributed by atoms with Gasteiger partial charge in [0, 0.05) is 13.1 Å². The van der Waals surface area contributed by atoms with Gasteiger partial charge in [-0.25, -0.2) is 8.42 Å². The number of aromatic hydroxyl groups is 1. The highest BCUT2D eigenvalue weighted by atomic mass is 32.2. The number of carbonyl (C=O) groups excluding carboxylic acids is 1. The van der Waals surface area contributed by atoms with Gasteiger partial charge in [-0.2, -0.15) is 4.72 Å². The third kappa shape index (κ3) is 8.19. The number of sulfonamides is 1. The average Bonchev–Trinajstić information content (AvgIpc) is 2.67. The Morgan fingerprint density at radius 3 is 2.00 bits per heavy atom. The van der Waals surface area contributed by atoms with Gasteiger partial charge in [0.1, 0.15) is 11.8 Å². The van der Waals surface area contributed by atoms with Crippen LogP contribution in [0.2, 0.25) is 0 Å². The number of carbonyl (C=O) groups is 1. The van der Waals surface area contributed by atoms with Crippen LogP contribution in [0.4, 0.5) is 0 Å². The lowest BCUT2D eigenvalue weighted by molar-refractivity contribution is -0.135. The van der Waals surface area contributed by atoms with Crippen molar-refractivity contribution in [3.05, 3.63) is 24.3 Å². The van der Waals surface area contributed by atoms with E-state index < -0.39 is 16.1 Å². The molecular formula is C20H32N2O7S. The van der Waals surface area contributed by atoms with Crippen LogP contribution in [-0.4, -0.2) is 83.1 Å². The van der Waals surface area contributed by atoms with Gasteiger partial charge in [-0.15, -0.1) is 0 Å². The van der Waals surface area contributed by atoms with Crippen molar-refractivity contribution in [2.75, 3.05) is 52.7 Å². The Morgan fingerprint density at radius 1 is 1.00 bits per heavy atom. The van der Waals surface area contributed by atoms with E-state index in [4.69, 9.17) is 14.2 Å². The fourth-order valence-electron chi connectivity index (χ4n) is 3.00. The van der Waals surface area contributed by atoms with Crippen molar-refractivity contribution >= 4 is 15.9 Å². The summed E-state index contributed by atoms with van der Waals surface area (Å²) in [5.74, 6) is -0.251. The maximum atomic E-state index is 13.2. The highest BCUT2D eigenvalue weighted by Crippen LogP contribution is 2.17. The predicted molar refractivity (Wildman–Crippen MR) is 111 cm³/mol. The van der Waals surface area contributed by atoms with E-state index in [-0.39, 0.29) is 22.5 Å². The van der Waals surface area contributed by atoms with Crippen LogP contribution in [0.5, 0.6) is 5.75 Å². The zero-order chi connectivity index (χ0) is 22.0. The zero-order valence-corrected chi connectivity index (χ0v) is 18.4. The first-order valence-corrected chi connectivity index (χ1v) is 11.6. The van der Waals surface area contributed by atoms with Crippen LogP contribution in [0.3, 0.4) is 0 Å². The summed E-state index contributed by atoms with van der Waals surface area (Å²) in [6.45, 7) is 6.93. The molecule has 0 radical (unpaired) electrons. The molecule has 0 aromatic heterocycles. The molecule has 0 spiro atoms. The molecule has 9 nitrogen and oxygen atoms in total. The smallest absolute Gasteiger partial charge is 0.241 e. The Morgan fingerprint density at radius 2 is 1.50 bits per heavy atom. The zero-order valence-electron chi connectivity index (χ0n) is 17.6. The van der Waals surface area contributed by atoms with Crippen LogP contribution in [-0.2, 0) is 29.0 Å². The second-order valence-corrected chi connectivity index (χ2v) is 9.17. The summed E-state index contributed by atoms with van der Waals surface area (Å²) in [5, 5.41) is 9.40. The summed E-state index contributed by atoms with van der Waals surface area (Å²) in [6.07, 6.45) is 0.349. The summed E-state index contributed by atoms with van der Waals surface area (Å²) < 4.78 is 44.5. The number of rotatable bonds is 6. The van der Waals surface area contributed by atoms with Gasteiger partial charge < -0.3 is 24.2 Å². The summed E-state index contributed by atoms with van der Waals surface area (Å²) in [4.78, 5) is 14.8. The normalized spacial score (nSPS) is 18.4. The van der Waals surface area contributed by atoms with Gasteiger partial charge in [0.05, 0.1) is 44.5 Å². The second-order valence-electron chi connectivity index (χ2n) is 7.46. The lowest BCUT2D eigenvalue weighted by Gasteiger charge is -2.29. The van der Waals surface area contributed by atoms with Crippen molar-refractivity contribution in [3.8, 4) is 5.75 Å². The van der Waals surface area contributed by atoms with E-state index in [2.05, 4.69) is 4.72 Å². The average molecular weight is 445 g/mol. The van der Waals surface area contributed by atoms with Gasteiger partial charge in [-0.3, -0.25) is 4.79 Å². The Labute approximate surface area is 178 Å². The highest BCUT2D eigenvalue weighted by Gasteiger charge is 2.30. The minimum Gasteiger partial charge on any atom is -0.508 e. The molecule has 2 rings (SSSR count). The van der Waals surface area contributed by atoms with E-state index in [1.54, 1.807) is 4.90 Å². The first kappa shape index (κ1) is 24.5. The van der Waals surface area contributed by atoms with Crippen LogP contribution in [0.15, 0.2) is 29.2 Å². The Balaban J connectivity index is 2.13. The van der Waals surface area contributed by atoms with E-state index in [0.29, 0.717) is 59.2 Å². The summed E-state index contributed by atoms with van der Waals surface area (Å²) in [7, 11) is -3.93. The van der Waals surface area contributed by atoms with E-state index in [9.17, 15) is 18.3 Å². The third-order valence-electron chi connectivity index (χ3n) is 4.52. The minimum atomic E-state index is -3.93. The van der Waals surface area contributed by atoms with Gasteiger partial charge in [0.25, 0.3) is 0 Å². The van der Waals surface area contributed by atoms with E-state index >= 15 is 0 Å². The Hall–Kier alpha value is -1.72. The number of phenols is 1. The van der Waals surface area contributed by atoms with Gasteiger partial charge >= 0.3 is 0 Å². The molecular weight excluding hydrogens is 412 g/mol. The molecule has 1 fully saturated rings. The molecule has 0 aliphatic carbocycles. The first-order valence-electron chi connectivity index (χ1n) is 10.1. The van der Waals surface area contributed by atoms with Gasteiger partial charge in [-0.1, -0.05) is 13.8 Å². The number of hydrogen-bond acceptors (Lipinski definition) is 7. The number of benzene rings is 1. The number of phenolic OH excluding ortho intramolecular Hbond substituents is 1. The van der Waals surface area contributed by atoms with Crippen LogP contribution < -0.4 is 4.72 Å². The fourth-order valence-corrected chi connectivity index (χ4v) is 4.20. The van der Waals surface area contributed by atoms with Crippen molar-refractivity contribution < 1.29 is 32.5 Å². The largest absolute Gasteiger partial charge is 0.508 e. The quantitative estimate of drug-likeness (QED) is 0.672. The molecule has 1 aromatic carbocycles. The SMILES string of the molecule is CC(C)CC(NS(=O)(=O)c1ccc(O)cc1)C(=O)N1CCOCCOCCOCC1. The highest BCUT2D eigenvalue weighted by molar-refractivity contribution is 7.89. The van der Waals surface area contributed by atoms with Crippen LogP contribution >= 0.6 is 0 Å². The molecule has 1 aliphatic rings. The molecule has 1 unspecified atom stereocenters. The molecule has 1 aliphatic heterocycles. The van der Waals surface area contributed by atoms with Gasteiger partial charge in [-0.05, 0) is 36.6 Å². The molecule has 170 valence electrons. The molecule has 1 atom stereocenters. The first-order chi connectivity index (χ1) is 14.3. The summed E-state index contributed by atoms with van der Waals surface area (Å²) >= 11 is 0. The van der Waals surface area contributed by atoms with Crippen molar-refractivity contribution in [3.63, 3.8) is 0 Å². The number of nitrogens with one attached hydrogen (secondary N) is 1. The Kier molecular flexibility index (Phi) is 9.99. The second kappa shape index (κ2) is 12.2. The maximum Gasteiger partial charge on any atom is 0.241 e. The lowest BCUT2D eigenvalue weighted by Crippen LogP contribution is -2.50. The molecule has 1 aromatic rings. The minimum absolute atomic E-state index is 0.0118. The fraction of sp³-hybridized carbons (Fsp3) is 0.650. The third-order valence-corrected chi connectivity index (χ3v) is 6.00. The van der Waals surface area contributed by atoms with Crippen LogP contribution in [0, 0.1) is 5.92 Å². The number of amides is 1. The molecule has 10 heteroatoms. The molecule has 1 saturated heterocycles. The molecule has 0 saturated carbocycles. The van der Waals surface area contributed by atoms with Crippen molar-refractivity contribution in [2.24, 2.45) is 5.92 Å². The topological polar surface area (TPSA) is 114 Å². The number of hydrogen-bond donors (Lipinski definition) is 2. The van der Waals surface area contributed by atoms with Crippen molar-refractivity contribution in [1.82, 2.24) is 9.62 Å². The maximum absolute atomic E-state index is 13.2. The molecule has 1 amide bonds. The summed E-state index contributed by atoms with van der Waals surface area (Å²) in [5.41, 5.74) is 0. The number of nitrogens with zero attached hydrogens (tertiary/aromatic N) is 1. The Bertz CT molecular complexity index is 741. The molecule has 30 heavy (non-hydrogen) atoms. The van der Waals surface area contributed by atoms with Crippen molar-refractivity contribution in [2.45, 2.75) is 31.2 Å². The molecule has 0 bridgehead atoms. The van der Waals surface area contributed by atoms with E-state index in [1.807, 2.05) is 13.8 Å². The van der Waals surface area contributed by atoms with Gasteiger partial charge in [0.2, 0.25) is 15.9 Å². The number of ether oxygens (including phenoxy) is 3. The van der Waals surface area contributed by atoms with Crippen LogP contribution in [0.25, 0.3) is 0 Å². The van der Waals surface area contributed by atoms with E-state index in [0.717, 1.165) is 0 Å². The van der Waals surface area contributed by atoms with Gasteiger partial charge in [0.15, 0.2) is 0 Å². The predicted octanol–water partition coefficient (Wildman–Crippen LogP) is 0.977.